The number of nitrogens with zero attached hydrogens (tertiary/aromatic N) is 2. The summed E-state index contributed by atoms with van der Waals surface area (Å²) < 4.78 is 0.850. The van der Waals surface area contributed by atoms with E-state index in [1.807, 2.05) is 23.1 Å². The van der Waals surface area contributed by atoms with Gasteiger partial charge in [0, 0.05) is 22.4 Å². The molecule has 2 heterocycles. The molecule has 0 spiro atoms. The molecule has 21 heavy (non-hydrogen) atoms. The van der Waals surface area contributed by atoms with Gasteiger partial charge in [0.2, 0.25) is 0 Å². The SMILES string of the molecule is C[C@H]1CCCCN1C(=O)c1cc(Cl)c2cccc(Br)c2n1. The molecule has 0 N–H and O–H groups in total. The predicted molar refractivity (Wildman–Crippen MR) is 88.8 cm³/mol. The number of piperidine rings is 1. The van der Waals surface area contributed by atoms with E-state index in [4.69, 9.17) is 11.6 Å². The van der Waals surface area contributed by atoms with Crippen molar-refractivity contribution in [2.75, 3.05) is 6.54 Å². The van der Waals surface area contributed by atoms with Gasteiger partial charge >= 0.3 is 0 Å². The molecule has 0 saturated carbocycles. The maximum Gasteiger partial charge on any atom is 0.272 e. The van der Waals surface area contributed by atoms with Gasteiger partial charge < -0.3 is 4.90 Å². The molecule has 1 atom stereocenters. The van der Waals surface area contributed by atoms with Gasteiger partial charge in [-0.3, -0.25) is 4.79 Å². The predicted octanol–water partition coefficient (Wildman–Crippen LogP) is 4.67. The molecule has 3 nitrogen and oxygen atoms in total. The number of carbonyl (C=O) groups excluding carboxylic acids is 1. The summed E-state index contributed by atoms with van der Waals surface area (Å²) >= 11 is 9.80. The third-order valence-corrected chi connectivity index (χ3v) is 4.98. The van der Waals surface area contributed by atoms with Gasteiger partial charge in [-0.05, 0) is 54.2 Å². The molecule has 0 aliphatic carbocycles. The molecule has 1 amide bonds. The van der Waals surface area contributed by atoms with Crippen molar-refractivity contribution in [1.82, 2.24) is 9.88 Å². The molecule has 1 aromatic heterocycles. The van der Waals surface area contributed by atoms with Gasteiger partial charge in [0.15, 0.2) is 0 Å². The summed E-state index contributed by atoms with van der Waals surface area (Å²) in [5, 5.41) is 1.42. The van der Waals surface area contributed by atoms with Crippen molar-refractivity contribution in [3.05, 3.63) is 39.5 Å². The molecule has 1 fully saturated rings. The third kappa shape index (κ3) is 2.79. The molecule has 0 radical (unpaired) electrons. The van der Waals surface area contributed by atoms with Crippen LogP contribution in [0.4, 0.5) is 0 Å². The fraction of sp³-hybridized carbons (Fsp3) is 0.375. The van der Waals surface area contributed by atoms with Gasteiger partial charge in [-0.15, -0.1) is 0 Å². The van der Waals surface area contributed by atoms with Crippen LogP contribution >= 0.6 is 27.5 Å². The van der Waals surface area contributed by atoms with Gasteiger partial charge in [0.1, 0.15) is 5.69 Å². The van der Waals surface area contributed by atoms with E-state index in [-0.39, 0.29) is 11.9 Å². The van der Waals surface area contributed by atoms with Crippen LogP contribution < -0.4 is 0 Å². The average molecular weight is 368 g/mol. The summed E-state index contributed by atoms with van der Waals surface area (Å²) in [5.41, 5.74) is 1.16. The number of likely N-dealkylation sites (tertiary alicyclic amines) is 1. The number of aromatic nitrogens is 1. The number of amides is 1. The Labute approximate surface area is 137 Å². The Kier molecular flexibility index (Phi) is 4.18. The highest BCUT2D eigenvalue weighted by Crippen LogP contribution is 2.29. The number of carbonyl (C=O) groups is 1. The van der Waals surface area contributed by atoms with Crippen LogP contribution in [0, 0.1) is 0 Å². The van der Waals surface area contributed by atoms with Crippen LogP contribution in [-0.2, 0) is 0 Å². The molecule has 1 saturated heterocycles. The molecule has 0 bridgehead atoms. The molecule has 110 valence electrons. The number of halogens is 2. The lowest BCUT2D eigenvalue weighted by Crippen LogP contribution is -2.42. The van der Waals surface area contributed by atoms with E-state index in [1.165, 1.54) is 6.42 Å². The largest absolute Gasteiger partial charge is 0.335 e. The average Bonchev–Trinajstić information content (AvgIpc) is 2.48. The van der Waals surface area contributed by atoms with E-state index >= 15 is 0 Å². The van der Waals surface area contributed by atoms with Crippen molar-refractivity contribution < 1.29 is 4.79 Å². The van der Waals surface area contributed by atoms with E-state index in [0.29, 0.717) is 10.7 Å². The smallest absolute Gasteiger partial charge is 0.272 e. The van der Waals surface area contributed by atoms with Crippen LogP contribution in [-0.4, -0.2) is 28.4 Å². The van der Waals surface area contributed by atoms with Crippen molar-refractivity contribution in [1.29, 1.82) is 0 Å². The van der Waals surface area contributed by atoms with Crippen LogP contribution in [0.2, 0.25) is 5.02 Å². The highest BCUT2D eigenvalue weighted by molar-refractivity contribution is 9.10. The first-order chi connectivity index (χ1) is 10.1. The fourth-order valence-corrected chi connectivity index (χ4v) is 3.54. The molecule has 1 aliphatic heterocycles. The molecule has 0 unspecified atom stereocenters. The lowest BCUT2D eigenvalue weighted by atomic mass is 10.0. The zero-order valence-electron chi connectivity index (χ0n) is 11.8. The zero-order valence-corrected chi connectivity index (χ0v) is 14.1. The van der Waals surface area contributed by atoms with Gasteiger partial charge in [-0.2, -0.15) is 0 Å². The first-order valence-corrected chi connectivity index (χ1v) is 8.31. The standard InChI is InChI=1S/C16H16BrClN2O/c1-10-5-2-3-8-20(10)16(21)14-9-13(18)11-6-4-7-12(17)15(11)19-14/h4,6-7,9-10H,2-3,5,8H2,1H3/t10-/m0/s1. The molecule has 1 aliphatic rings. The van der Waals surface area contributed by atoms with Crippen LogP contribution in [0.15, 0.2) is 28.7 Å². The maximum absolute atomic E-state index is 12.7. The number of benzene rings is 1. The summed E-state index contributed by atoms with van der Waals surface area (Å²) in [7, 11) is 0. The van der Waals surface area contributed by atoms with Gasteiger partial charge in [-0.1, -0.05) is 23.7 Å². The topological polar surface area (TPSA) is 33.2 Å². The number of pyridine rings is 1. The summed E-state index contributed by atoms with van der Waals surface area (Å²) in [6, 6.07) is 7.67. The second-order valence-electron chi connectivity index (χ2n) is 5.47. The molecular formula is C16H16BrClN2O. The Bertz CT molecular complexity index is 704. The van der Waals surface area contributed by atoms with Crippen molar-refractivity contribution in [3.63, 3.8) is 0 Å². The summed E-state index contributed by atoms with van der Waals surface area (Å²) in [6.07, 6.45) is 3.29. The Hall–Kier alpha value is -1.13. The molecule has 2 aromatic rings. The summed E-state index contributed by atoms with van der Waals surface area (Å²) in [4.78, 5) is 19.1. The minimum atomic E-state index is -0.0262. The van der Waals surface area contributed by atoms with Crippen molar-refractivity contribution in [3.8, 4) is 0 Å². The summed E-state index contributed by atoms with van der Waals surface area (Å²) in [6.45, 7) is 2.89. The normalized spacial score (nSPS) is 19.0. The van der Waals surface area contributed by atoms with Gasteiger partial charge in [-0.25, -0.2) is 4.98 Å². The minimum Gasteiger partial charge on any atom is -0.335 e. The van der Waals surface area contributed by atoms with Crippen molar-refractivity contribution >= 4 is 44.3 Å². The van der Waals surface area contributed by atoms with Gasteiger partial charge in [0.05, 0.1) is 10.5 Å². The highest BCUT2D eigenvalue weighted by atomic mass is 79.9. The molecule has 1 aromatic carbocycles. The summed E-state index contributed by atoms with van der Waals surface area (Å²) in [5.74, 6) is -0.0262. The van der Waals surface area contributed by atoms with E-state index in [2.05, 4.69) is 27.8 Å². The van der Waals surface area contributed by atoms with E-state index in [1.54, 1.807) is 6.07 Å². The maximum atomic E-state index is 12.7. The van der Waals surface area contributed by atoms with E-state index < -0.39 is 0 Å². The van der Waals surface area contributed by atoms with Crippen molar-refractivity contribution in [2.24, 2.45) is 0 Å². The fourth-order valence-electron chi connectivity index (χ4n) is 2.83. The van der Waals surface area contributed by atoms with Crippen LogP contribution in [0.5, 0.6) is 0 Å². The number of fused-ring (bicyclic) bond motifs is 1. The Morgan fingerprint density at radius 2 is 2.24 bits per heavy atom. The first kappa shape index (κ1) is 14.8. The molecule has 3 rings (SSSR count). The van der Waals surface area contributed by atoms with E-state index in [0.717, 1.165) is 34.8 Å². The first-order valence-electron chi connectivity index (χ1n) is 7.13. The Morgan fingerprint density at radius 1 is 1.43 bits per heavy atom. The number of hydrogen-bond donors (Lipinski definition) is 0. The second kappa shape index (κ2) is 5.93. The number of hydrogen-bond acceptors (Lipinski definition) is 2. The van der Waals surface area contributed by atoms with E-state index in [9.17, 15) is 4.79 Å². The van der Waals surface area contributed by atoms with Crippen LogP contribution in [0.1, 0.15) is 36.7 Å². The third-order valence-electron chi connectivity index (χ3n) is 4.02. The monoisotopic (exact) mass is 366 g/mol. The number of para-hydroxylation sites is 1. The van der Waals surface area contributed by atoms with Crippen LogP contribution in [0.3, 0.4) is 0 Å². The van der Waals surface area contributed by atoms with Crippen LogP contribution in [0.25, 0.3) is 10.9 Å². The zero-order chi connectivity index (χ0) is 15.0. The van der Waals surface area contributed by atoms with Gasteiger partial charge in [0.25, 0.3) is 5.91 Å². The second-order valence-corrected chi connectivity index (χ2v) is 6.73. The minimum absolute atomic E-state index is 0.0262. The highest BCUT2D eigenvalue weighted by Gasteiger charge is 2.25. The number of rotatable bonds is 1. The molecular weight excluding hydrogens is 352 g/mol. The Balaban J connectivity index is 2.04. The lowest BCUT2D eigenvalue weighted by molar-refractivity contribution is 0.0630. The Morgan fingerprint density at radius 3 is 3.00 bits per heavy atom. The lowest BCUT2D eigenvalue weighted by Gasteiger charge is -2.33. The quantitative estimate of drug-likeness (QED) is 0.734. The molecule has 5 heteroatoms. The van der Waals surface area contributed by atoms with Crippen molar-refractivity contribution in [2.45, 2.75) is 32.2 Å².